The first kappa shape index (κ1) is 21.2. The molecule has 2 N–H and O–H groups in total. The number of nitrogens with one attached hydrogen (secondary N) is 2. The van der Waals surface area contributed by atoms with Gasteiger partial charge in [0.2, 0.25) is 11.8 Å². The first-order chi connectivity index (χ1) is 14.2. The summed E-state index contributed by atoms with van der Waals surface area (Å²) in [4.78, 5) is 39.0. The first-order valence-corrected chi connectivity index (χ1v) is 9.35. The van der Waals surface area contributed by atoms with Crippen molar-refractivity contribution in [2.45, 2.75) is 25.9 Å². The predicted octanol–water partition coefficient (Wildman–Crippen LogP) is -0.513. The maximum Gasteiger partial charge on any atom is 0.252 e. The summed E-state index contributed by atoms with van der Waals surface area (Å²) < 4.78 is 5.87. The third kappa shape index (κ3) is 4.38. The molecule has 0 spiro atoms. The number of carbonyl (C=O) groups excluding carboxylic acids is 3. The largest absolute Gasteiger partial charge is 0.539 e. The van der Waals surface area contributed by atoms with Crippen molar-refractivity contribution < 1.29 is 28.7 Å². The van der Waals surface area contributed by atoms with E-state index in [0.717, 1.165) is 0 Å². The average Bonchev–Trinajstić information content (AvgIpc) is 3.10. The SMILES string of the molecule is CC(=O)Nc1ccc(NC(=O)CC2C(=O)N(C)C(=S)N2Cc2c([O-])on[n+]2C)cc1. The topological polar surface area (TPSA) is 135 Å². The molecular formula is C18H20N6O5S. The number of hydrogen-bond donors (Lipinski definition) is 2. The van der Waals surface area contributed by atoms with E-state index >= 15 is 0 Å². The Balaban J connectivity index is 1.70. The van der Waals surface area contributed by atoms with E-state index in [2.05, 4.69) is 20.4 Å². The molecule has 2 heterocycles. The monoisotopic (exact) mass is 432 g/mol. The summed E-state index contributed by atoms with van der Waals surface area (Å²) in [6.07, 6.45) is -0.167. The molecule has 3 rings (SSSR count). The van der Waals surface area contributed by atoms with Crippen LogP contribution in [0.4, 0.5) is 11.4 Å². The second kappa shape index (κ2) is 8.45. The van der Waals surface area contributed by atoms with Crippen molar-refractivity contribution in [3.8, 4) is 5.95 Å². The minimum atomic E-state index is -0.865. The quantitative estimate of drug-likeness (QED) is 0.460. The van der Waals surface area contributed by atoms with Gasteiger partial charge in [0.15, 0.2) is 18.1 Å². The molecule has 11 nitrogen and oxygen atoms in total. The predicted molar refractivity (Wildman–Crippen MR) is 106 cm³/mol. The fourth-order valence-electron chi connectivity index (χ4n) is 3.04. The third-order valence-electron chi connectivity index (χ3n) is 4.58. The lowest BCUT2D eigenvalue weighted by Crippen LogP contribution is -2.42. The van der Waals surface area contributed by atoms with Crippen LogP contribution in [-0.2, 0) is 28.0 Å². The van der Waals surface area contributed by atoms with Gasteiger partial charge in [-0.1, -0.05) is 4.68 Å². The molecule has 1 aromatic heterocycles. The molecule has 0 saturated carbocycles. The molecule has 3 amide bonds. The van der Waals surface area contributed by atoms with Crippen LogP contribution in [0.5, 0.6) is 5.95 Å². The van der Waals surface area contributed by atoms with Crippen molar-refractivity contribution in [3.63, 3.8) is 0 Å². The molecule has 158 valence electrons. The summed E-state index contributed by atoms with van der Waals surface area (Å²) in [5.41, 5.74) is 1.31. The van der Waals surface area contributed by atoms with E-state index < -0.39 is 17.9 Å². The van der Waals surface area contributed by atoms with Gasteiger partial charge in [-0.2, -0.15) is 0 Å². The second-order valence-corrected chi connectivity index (χ2v) is 7.13. The number of thiocarbonyl (C=S) groups is 1. The Kier molecular flexibility index (Phi) is 5.96. The van der Waals surface area contributed by atoms with Gasteiger partial charge in [-0.3, -0.25) is 19.3 Å². The molecule has 0 aliphatic carbocycles. The average molecular weight is 432 g/mol. The number of likely N-dealkylation sites (N-methyl/N-ethyl adjacent to an activating group) is 1. The van der Waals surface area contributed by atoms with Crippen molar-refractivity contribution in [2.75, 3.05) is 17.7 Å². The molecule has 1 atom stereocenters. The number of rotatable bonds is 6. The molecule has 1 aliphatic rings. The van der Waals surface area contributed by atoms with E-state index in [1.807, 2.05) is 0 Å². The standard InChI is InChI=1S/C18H19N6O5S/c1-10(25)19-11-4-6-12(7-5-11)20-15(26)8-13-16(27)22(2)18(30)24(13)9-14-17(28)29-21-23(14)3/h4-7,13,28H,8-9H2,1-3H3/q-1/p+1. The number of nitrogens with zero attached hydrogens (tertiary/aromatic N) is 4. The molecule has 1 unspecified atom stereocenters. The van der Waals surface area contributed by atoms with Crippen molar-refractivity contribution in [1.29, 1.82) is 0 Å². The molecule has 1 aromatic carbocycles. The Labute approximate surface area is 177 Å². The number of aryl methyl sites for hydroxylation is 1. The number of benzene rings is 1. The first-order valence-electron chi connectivity index (χ1n) is 8.95. The fourth-order valence-corrected chi connectivity index (χ4v) is 3.32. The van der Waals surface area contributed by atoms with E-state index in [-0.39, 0.29) is 35.6 Å². The van der Waals surface area contributed by atoms with Crippen LogP contribution in [0.3, 0.4) is 0 Å². The van der Waals surface area contributed by atoms with Crippen LogP contribution in [0.25, 0.3) is 0 Å². The van der Waals surface area contributed by atoms with Gasteiger partial charge in [-0.25, -0.2) is 0 Å². The van der Waals surface area contributed by atoms with Gasteiger partial charge in [-0.05, 0) is 36.5 Å². The number of carbonyl (C=O) groups is 3. The summed E-state index contributed by atoms with van der Waals surface area (Å²) >= 11 is 5.31. The molecule has 0 bridgehead atoms. The van der Waals surface area contributed by atoms with E-state index in [0.29, 0.717) is 11.4 Å². The van der Waals surface area contributed by atoms with E-state index in [1.165, 1.54) is 35.5 Å². The summed E-state index contributed by atoms with van der Waals surface area (Å²) in [6, 6.07) is 5.70. The zero-order chi connectivity index (χ0) is 22.0. The maximum atomic E-state index is 12.6. The zero-order valence-corrected chi connectivity index (χ0v) is 17.4. The highest BCUT2D eigenvalue weighted by Crippen LogP contribution is 2.24. The van der Waals surface area contributed by atoms with Crippen LogP contribution in [0.2, 0.25) is 0 Å². The van der Waals surface area contributed by atoms with Gasteiger partial charge < -0.3 is 25.2 Å². The molecule has 12 heteroatoms. The van der Waals surface area contributed by atoms with Crippen molar-refractivity contribution in [2.24, 2.45) is 7.05 Å². The second-order valence-electron chi connectivity index (χ2n) is 6.77. The van der Waals surface area contributed by atoms with Gasteiger partial charge in [-0.15, -0.1) is 0 Å². The fraction of sp³-hybridized carbons (Fsp3) is 0.333. The smallest absolute Gasteiger partial charge is 0.252 e. The highest BCUT2D eigenvalue weighted by Gasteiger charge is 2.42. The van der Waals surface area contributed by atoms with Crippen molar-refractivity contribution in [3.05, 3.63) is 30.0 Å². The Morgan fingerprint density at radius 2 is 1.87 bits per heavy atom. The molecule has 1 aliphatic heterocycles. The summed E-state index contributed by atoms with van der Waals surface area (Å²) in [5, 5.41) is 20.9. The van der Waals surface area contributed by atoms with Crippen molar-refractivity contribution >= 4 is 46.4 Å². The molecule has 1 fully saturated rings. The number of amides is 3. The minimum Gasteiger partial charge on any atom is -0.539 e. The molecule has 1 saturated heterocycles. The number of hydrogen-bond acceptors (Lipinski definition) is 7. The molecular weight excluding hydrogens is 412 g/mol. The highest BCUT2D eigenvalue weighted by molar-refractivity contribution is 7.80. The number of anilines is 2. The lowest BCUT2D eigenvalue weighted by Gasteiger charge is -2.21. The Morgan fingerprint density at radius 1 is 1.27 bits per heavy atom. The van der Waals surface area contributed by atoms with E-state index in [9.17, 15) is 19.5 Å². The van der Waals surface area contributed by atoms with Crippen LogP contribution in [0, 0.1) is 0 Å². The van der Waals surface area contributed by atoms with Gasteiger partial charge in [0, 0.05) is 25.3 Å². The van der Waals surface area contributed by atoms with Gasteiger partial charge >= 0.3 is 0 Å². The van der Waals surface area contributed by atoms with Gasteiger partial charge in [0.1, 0.15) is 12.6 Å². The molecule has 30 heavy (non-hydrogen) atoms. The third-order valence-corrected chi connectivity index (χ3v) is 5.09. The Morgan fingerprint density at radius 3 is 2.40 bits per heavy atom. The molecule has 0 radical (unpaired) electrons. The van der Waals surface area contributed by atoms with E-state index in [4.69, 9.17) is 12.2 Å². The summed E-state index contributed by atoms with van der Waals surface area (Å²) in [7, 11) is 3.05. The summed E-state index contributed by atoms with van der Waals surface area (Å²) in [6.45, 7) is 1.38. The van der Waals surface area contributed by atoms with Crippen LogP contribution in [0.15, 0.2) is 28.8 Å². The summed E-state index contributed by atoms with van der Waals surface area (Å²) in [5.74, 6) is -1.58. The van der Waals surface area contributed by atoms with Crippen molar-refractivity contribution in [1.82, 2.24) is 15.1 Å². The van der Waals surface area contributed by atoms with Crippen LogP contribution < -0.4 is 20.4 Å². The number of aromatic nitrogens is 2. The zero-order valence-electron chi connectivity index (χ0n) is 16.5. The van der Waals surface area contributed by atoms with Crippen LogP contribution >= 0.6 is 12.2 Å². The van der Waals surface area contributed by atoms with Crippen LogP contribution in [0.1, 0.15) is 19.0 Å². The minimum absolute atomic E-state index is 0.0168. The van der Waals surface area contributed by atoms with Gasteiger partial charge in [0.25, 0.3) is 11.6 Å². The lowest BCUT2D eigenvalue weighted by atomic mass is 10.1. The molecule has 2 aromatic rings. The van der Waals surface area contributed by atoms with Gasteiger partial charge in [0.05, 0.1) is 11.7 Å². The Bertz CT molecular complexity index is 985. The van der Waals surface area contributed by atoms with E-state index in [1.54, 1.807) is 24.3 Å². The Hall–Kier alpha value is -3.54. The normalized spacial score (nSPS) is 16.2. The maximum absolute atomic E-state index is 12.6. The van der Waals surface area contributed by atoms with Crippen LogP contribution in [-0.4, -0.2) is 51.0 Å². The highest BCUT2D eigenvalue weighted by atomic mass is 32.1. The lowest BCUT2D eigenvalue weighted by molar-refractivity contribution is -0.746.